The van der Waals surface area contributed by atoms with E-state index in [0.29, 0.717) is 31.7 Å². The van der Waals surface area contributed by atoms with Gasteiger partial charge in [0.05, 0.1) is 17.0 Å². The maximum absolute atomic E-state index is 12.9. The van der Waals surface area contributed by atoms with Gasteiger partial charge in [-0.05, 0) is 47.7 Å². The van der Waals surface area contributed by atoms with Crippen molar-refractivity contribution in [2.24, 2.45) is 0 Å². The van der Waals surface area contributed by atoms with Crippen molar-refractivity contribution in [3.63, 3.8) is 0 Å². The van der Waals surface area contributed by atoms with Gasteiger partial charge in [0.15, 0.2) is 18.1 Å². The number of hydrogen-bond donors (Lipinski definition) is 1. The summed E-state index contributed by atoms with van der Waals surface area (Å²) in [5.41, 5.74) is 1.53. The first-order valence-electron chi connectivity index (χ1n) is 11.3. The molecule has 0 saturated carbocycles. The lowest BCUT2D eigenvalue weighted by Gasteiger charge is -2.36. The number of amides is 3. The highest BCUT2D eigenvalue weighted by Gasteiger charge is 2.37. The Morgan fingerprint density at radius 2 is 1.81 bits per heavy atom. The molecule has 0 atom stereocenters. The van der Waals surface area contributed by atoms with Crippen LogP contribution < -0.4 is 14.4 Å². The lowest BCUT2D eigenvalue weighted by atomic mass is 10.1. The molecule has 0 bridgehead atoms. The molecule has 10 nitrogen and oxygen atoms in total. The van der Waals surface area contributed by atoms with E-state index in [1.54, 1.807) is 4.90 Å². The third-order valence-corrected chi connectivity index (χ3v) is 7.00. The molecular formula is C25H24ClN3O7S. The molecule has 2 aromatic rings. The zero-order valence-corrected chi connectivity index (χ0v) is 21.5. The number of carboxylic acids is 1. The molecule has 0 aliphatic carbocycles. The molecule has 0 radical (unpaired) electrons. The number of imide groups is 1. The number of nitrogens with zero attached hydrogens (tertiary/aromatic N) is 3. The number of rotatable bonds is 8. The van der Waals surface area contributed by atoms with Gasteiger partial charge in [0.1, 0.15) is 6.54 Å². The van der Waals surface area contributed by atoms with Crippen molar-refractivity contribution < 1.29 is 33.8 Å². The third kappa shape index (κ3) is 6.17. The molecule has 1 N–H and O–H groups in total. The number of hydrogen-bond acceptors (Lipinski definition) is 8. The van der Waals surface area contributed by atoms with Gasteiger partial charge in [0.25, 0.3) is 11.1 Å². The second-order valence-electron chi connectivity index (χ2n) is 8.19. The summed E-state index contributed by atoms with van der Waals surface area (Å²) in [5.74, 6) is -1.82. The van der Waals surface area contributed by atoms with Gasteiger partial charge < -0.3 is 24.4 Å². The summed E-state index contributed by atoms with van der Waals surface area (Å²) in [6.45, 7) is 1.37. The normalized spacial score (nSPS) is 16.9. The predicted octanol–water partition coefficient (Wildman–Crippen LogP) is 3.20. The molecule has 3 amide bonds. The zero-order valence-electron chi connectivity index (χ0n) is 19.9. The second-order valence-corrected chi connectivity index (χ2v) is 9.59. The molecule has 0 unspecified atom stereocenters. The van der Waals surface area contributed by atoms with E-state index in [0.717, 1.165) is 22.3 Å². The molecule has 2 aliphatic heterocycles. The van der Waals surface area contributed by atoms with Crippen LogP contribution in [0.3, 0.4) is 0 Å². The Morgan fingerprint density at radius 1 is 1.11 bits per heavy atom. The van der Waals surface area contributed by atoms with Crippen molar-refractivity contribution in [2.45, 2.75) is 0 Å². The molecule has 4 rings (SSSR count). The van der Waals surface area contributed by atoms with E-state index in [1.165, 1.54) is 25.3 Å². The molecule has 2 aliphatic rings. The molecule has 0 spiro atoms. The van der Waals surface area contributed by atoms with Crippen LogP contribution in [0.5, 0.6) is 11.5 Å². The molecule has 2 fully saturated rings. The number of anilines is 1. The third-order valence-electron chi connectivity index (χ3n) is 5.81. The summed E-state index contributed by atoms with van der Waals surface area (Å²) in [5, 5.41) is 8.38. The smallest absolute Gasteiger partial charge is 0.341 e. The van der Waals surface area contributed by atoms with Crippen molar-refractivity contribution in [2.75, 3.05) is 51.3 Å². The Morgan fingerprint density at radius 3 is 2.46 bits per heavy atom. The molecule has 37 heavy (non-hydrogen) atoms. The van der Waals surface area contributed by atoms with Crippen molar-refractivity contribution >= 4 is 58.1 Å². The minimum atomic E-state index is -1.18. The van der Waals surface area contributed by atoms with Gasteiger partial charge in [-0.15, -0.1) is 0 Å². The molecule has 2 saturated heterocycles. The molecule has 12 heteroatoms. The van der Waals surface area contributed by atoms with Crippen LogP contribution >= 0.6 is 23.4 Å². The minimum absolute atomic E-state index is 0.0507. The zero-order chi connectivity index (χ0) is 26.5. The summed E-state index contributed by atoms with van der Waals surface area (Å²) < 4.78 is 10.4. The topological polar surface area (TPSA) is 117 Å². The predicted molar refractivity (Wildman–Crippen MR) is 139 cm³/mol. The highest BCUT2D eigenvalue weighted by molar-refractivity contribution is 8.18. The number of benzene rings is 2. The maximum Gasteiger partial charge on any atom is 0.341 e. The number of aliphatic carboxylic acids is 1. The van der Waals surface area contributed by atoms with Gasteiger partial charge in [0, 0.05) is 31.9 Å². The van der Waals surface area contributed by atoms with E-state index in [1.807, 2.05) is 30.3 Å². The van der Waals surface area contributed by atoms with Crippen molar-refractivity contribution in [1.82, 2.24) is 9.80 Å². The number of carbonyl (C=O) groups excluding carboxylic acids is 3. The van der Waals surface area contributed by atoms with Gasteiger partial charge in [-0.1, -0.05) is 29.8 Å². The Kier molecular flexibility index (Phi) is 8.24. The lowest BCUT2D eigenvalue weighted by Crippen LogP contribution is -2.51. The van der Waals surface area contributed by atoms with Gasteiger partial charge in [-0.25, -0.2) is 4.79 Å². The Balaban J connectivity index is 1.40. The van der Waals surface area contributed by atoms with Crippen LogP contribution in [0.15, 0.2) is 47.4 Å². The Hall–Kier alpha value is -3.70. The van der Waals surface area contributed by atoms with Crippen molar-refractivity contribution in [3.8, 4) is 11.5 Å². The monoisotopic (exact) mass is 545 g/mol. The van der Waals surface area contributed by atoms with Crippen molar-refractivity contribution in [1.29, 1.82) is 0 Å². The number of carbonyl (C=O) groups is 4. The van der Waals surface area contributed by atoms with Crippen LogP contribution in [0.25, 0.3) is 6.08 Å². The highest BCUT2D eigenvalue weighted by atomic mass is 35.5. The summed E-state index contributed by atoms with van der Waals surface area (Å²) in [4.78, 5) is 54.1. The summed E-state index contributed by atoms with van der Waals surface area (Å²) in [6.07, 6.45) is 1.46. The SMILES string of the molecule is COc1cc(C=C2SC(=O)N(CC(=O)N3CCN(c4ccccc4)CC3)C2=O)cc(Cl)c1OCC(=O)O. The first kappa shape index (κ1) is 26.4. The lowest BCUT2D eigenvalue weighted by molar-refractivity contribution is -0.139. The van der Waals surface area contributed by atoms with E-state index >= 15 is 0 Å². The van der Waals surface area contributed by atoms with E-state index in [2.05, 4.69) is 4.90 Å². The standard InChI is InChI=1S/C25H24ClN3O7S/c1-35-19-12-16(11-18(26)23(19)36-15-22(31)32)13-20-24(33)29(25(34)37-20)14-21(30)28-9-7-27(8-10-28)17-5-3-2-4-6-17/h2-6,11-13H,7-10,14-15H2,1H3,(H,31,32). The first-order valence-corrected chi connectivity index (χ1v) is 12.5. The molecule has 0 aromatic heterocycles. The van der Waals surface area contributed by atoms with E-state index in [4.69, 9.17) is 26.2 Å². The molecule has 194 valence electrons. The Labute approximate surface area is 222 Å². The Bertz CT molecular complexity index is 1250. The summed E-state index contributed by atoms with van der Waals surface area (Å²) in [6, 6.07) is 12.9. The number of methoxy groups -OCH3 is 1. The number of thioether (sulfide) groups is 1. The van der Waals surface area contributed by atoms with Gasteiger partial charge >= 0.3 is 5.97 Å². The van der Waals surface area contributed by atoms with E-state index in [-0.39, 0.29) is 33.9 Å². The fourth-order valence-corrected chi connectivity index (χ4v) is 5.08. The largest absolute Gasteiger partial charge is 0.493 e. The van der Waals surface area contributed by atoms with Gasteiger partial charge in [-0.3, -0.25) is 19.3 Å². The number of ether oxygens (including phenoxy) is 2. The average Bonchev–Trinajstić information content (AvgIpc) is 3.15. The van der Waals surface area contributed by atoms with Crippen LogP contribution in [0.1, 0.15) is 5.56 Å². The maximum atomic E-state index is 12.9. The minimum Gasteiger partial charge on any atom is -0.493 e. The number of para-hydroxylation sites is 1. The fourth-order valence-electron chi connectivity index (χ4n) is 3.97. The molecule has 2 heterocycles. The first-order chi connectivity index (χ1) is 17.8. The summed E-state index contributed by atoms with van der Waals surface area (Å²) in [7, 11) is 1.36. The second kappa shape index (κ2) is 11.6. The molecular weight excluding hydrogens is 522 g/mol. The highest BCUT2D eigenvalue weighted by Crippen LogP contribution is 2.39. The van der Waals surface area contributed by atoms with Crippen LogP contribution in [0, 0.1) is 0 Å². The molecule has 2 aromatic carbocycles. The number of carboxylic acid groups (broad SMARTS) is 1. The quantitative estimate of drug-likeness (QED) is 0.499. The van der Waals surface area contributed by atoms with Crippen LogP contribution in [0.4, 0.5) is 10.5 Å². The van der Waals surface area contributed by atoms with E-state index in [9.17, 15) is 19.2 Å². The van der Waals surface area contributed by atoms with Crippen molar-refractivity contribution in [3.05, 3.63) is 58.0 Å². The van der Waals surface area contributed by atoms with Gasteiger partial charge in [0.2, 0.25) is 5.91 Å². The fraction of sp³-hybridized carbons (Fsp3) is 0.280. The summed E-state index contributed by atoms with van der Waals surface area (Å²) >= 11 is 6.96. The number of piperazine rings is 1. The van der Waals surface area contributed by atoms with Gasteiger partial charge in [-0.2, -0.15) is 0 Å². The van der Waals surface area contributed by atoms with Crippen LogP contribution in [0.2, 0.25) is 5.02 Å². The van der Waals surface area contributed by atoms with Crippen LogP contribution in [-0.2, 0) is 14.4 Å². The van der Waals surface area contributed by atoms with E-state index < -0.39 is 23.7 Å². The van der Waals surface area contributed by atoms with Crippen LogP contribution in [-0.4, -0.2) is 84.4 Å². The number of halogens is 1. The average molecular weight is 546 g/mol.